The molecule has 0 saturated heterocycles. The van der Waals surface area contributed by atoms with Gasteiger partial charge in [-0.15, -0.1) is 0 Å². The van der Waals surface area contributed by atoms with E-state index < -0.39 is 66.1 Å². The lowest BCUT2D eigenvalue weighted by molar-refractivity contribution is -0.143. The molecule has 5 amide bonds. The van der Waals surface area contributed by atoms with E-state index in [1.54, 1.807) is 36.6 Å². The van der Waals surface area contributed by atoms with E-state index in [2.05, 4.69) is 16.0 Å². The Labute approximate surface area is 218 Å². The number of carbonyl (C=O) groups is 6. The number of aliphatic carboxylic acids is 1. The molecule has 0 radical (unpaired) electrons. The van der Waals surface area contributed by atoms with E-state index in [-0.39, 0.29) is 25.7 Å². The van der Waals surface area contributed by atoms with E-state index in [1.807, 2.05) is 0 Å². The molecule has 0 spiro atoms. The first-order chi connectivity index (χ1) is 17.4. The Balaban J connectivity index is 3.07. The predicted molar refractivity (Wildman–Crippen MR) is 137 cm³/mol. The molecule has 14 heteroatoms. The van der Waals surface area contributed by atoms with Crippen LogP contribution in [-0.2, 0) is 35.2 Å². The summed E-state index contributed by atoms with van der Waals surface area (Å²) < 4.78 is 0. The molecule has 13 nitrogen and oxygen atoms in total. The zero-order valence-corrected chi connectivity index (χ0v) is 21.3. The number of nitrogens with one attached hydrogen (secondary N) is 3. The van der Waals surface area contributed by atoms with Crippen LogP contribution in [0.15, 0.2) is 30.3 Å². The van der Waals surface area contributed by atoms with Crippen LogP contribution < -0.4 is 33.2 Å². The monoisotopic (exact) mass is 538 g/mol. The summed E-state index contributed by atoms with van der Waals surface area (Å²) in [5, 5.41) is 16.6. The molecule has 10 N–H and O–H groups in total. The number of rotatable bonds is 17. The molecule has 0 fully saturated rings. The van der Waals surface area contributed by atoms with E-state index in [1.165, 1.54) is 11.8 Å². The fourth-order valence-corrected chi connectivity index (χ4v) is 3.69. The van der Waals surface area contributed by atoms with Gasteiger partial charge in [0.2, 0.25) is 29.5 Å². The van der Waals surface area contributed by atoms with Crippen LogP contribution in [0.3, 0.4) is 0 Å². The number of hydrogen-bond donors (Lipinski definition) is 7. The molecular formula is C23H34N6O7S. The standard InChI is InChI=1S/C23H34N6O7S/c1-37-10-9-15(21(33)29-17(23(35)36)12-19(26)31)27-22(34)16(11-13-5-3-2-4-6-13)28-20(32)14(24)7-8-18(25)30/h2-6,14-17H,7-12,24H2,1H3,(H2,25,30)(H2,26,31)(H,27,34)(H,28,32)(H,29,33)(H,35,36). The summed E-state index contributed by atoms with van der Waals surface area (Å²) in [6, 6.07) is 3.82. The highest BCUT2D eigenvalue weighted by Gasteiger charge is 2.31. The predicted octanol–water partition coefficient (Wildman–Crippen LogP) is -2.01. The third kappa shape index (κ3) is 12.2. The highest BCUT2D eigenvalue weighted by molar-refractivity contribution is 7.98. The molecule has 1 aromatic rings. The molecule has 1 aromatic carbocycles. The fourth-order valence-electron chi connectivity index (χ4n) is 3.22. The van der Waals surface area contributed by atoms with Crippen LogP contribution in [-0.4, -0.2) is 76.8 Å². The van der Waals surface area contributed by atoms with E-state index >= 15 is 0 Å². The van der Waals surface area contributed by atoms with E-state index in [9.17, 15) is 33.9 Å². The topological polar surface area (TPSA) is 237 Å². The van der Waals surface area contributed by atoms with Crippen LogP contribution >= 0.6 is 11.8 Å². The molecule has 0 aromatic heterocycles. The maximum absolute atomic E-state index is 13.2. The second-order valence-corrected chi connectivity index (χ2v) is 9.26. The smallest absolute Gasteiger partial charge is 0.326 e. The van der Waals surface area contributed by atoms with Gasteiger partial charge in [0.15, 0.2) is 0 Å². The average molecular weight is 539 g/mol. The summed E-state index contributed by atoms with van der Waals surface area (Å²) in [6.45, 7) is 0. The first-order valence-corrected chi connectivity index (χ1v) is 12.8. The second-order valence-electron chi connectivity index (χ2n) is 8.27. The zero-order valence-electron chi connectivity index (χ0n) is 20.5. The Hall–Kier alpha value is -3.65. The number of hydrogen-bond acceptors (Lipinski definition) is 8. The Morgan fingerprint density at radius 3 is 1.95 bits per heavy atom. The van der Waals surface area contributed by atoms with Crippen LogP contribution in [0.1, 0.15) is 31.2 Å². The lowest BCUT2D eigenvalue weighted by atomic mass is 10.0. The van der Waals surface area contributed by atoms with Gasteiger partial charge in [0, 0.05) is 12.8 Å². The zero-order chi connectivity index (χ0) is 28.0. The third-order valence-electron chi connectivity index (χ3n) is 5.22. The van der Waals surface area contributed by atoms with Gasteiger partial charge in [-0.05, 0) is 30.4 Å². The quantitative estimate of drug-likeness (QED) is 0.116. The highest BCUT2D eigenvalue weighted by Crippen LogP contribution is 2.08. The van der Waals surface area contributed by atoms with Gasteiger partial charge in [-0.3, -0.25) is 24.0 Å². The molecule has 1 rings (SSSR count). The van der Waals surface area contributed by atoms with Crippen molar-refractivity contribution < 1.29 is 33.9 Å². The number of nitrogens with two attached hydrogens (primary N) is 3. The molecule has 204 valence electrons. The largest absolute Gasteiger partial charge is 0.480 e. The first-order valence-electron chi connectivity index (χ1n) is 11.4. The molecule has 0 aliphatic rings. The van der Waals surface area contributed by atoms with Gasteiger partial charge in [-0.25, -0.2) is 4.79 Å². The second kappa shape index (κ2) is 16.2. The number of carbonyl (C=O) groups excluding carboxylic acids is 5. The van der Waals surface area contributed by atoms with Gasteiger partial charge < -0.3 is 38.3 Å². The van der Waals surface area contributed by atoms with Crippen LogP contribution in [0.25, 0.3) is 0 Å². The molecule has 4 atom stereocenters. The van der Waals surface area contributed by atoms with Crippen LogP contribution in [0.5, 0.6) is 0 Å². The van der Waals surface area contributed by atoms with Gasteiger partial charge in [0.1, 0.15) is 18.1 Å². The molecule has 0 heterocycles. The van der Waals surface area contributed by atoms with Crippen LogP contribution in [0.4, 0.5) is 0 Å². The van der Waals surface area contributed by atoms with E-state index in [0.29, 0.717) is 11.3 Å². The summed E-state index contributed by atoms with van der Waals surface area (Å²) in [5.74, 6) is -4.77. The van der Waals surface area contributed by atoms with E-state index in [0.717, 1.165) is 0 Å². The van der Waals surface area contributed by atoms with Crippen molar-refractivity contribution in [1.82, 2.24) is 16.0 Å². The number of amides is 5. The van der Waals surface area contributed by atoms with Crippen molar-refractivity contribution in [2.75, 3.05) is 12.0 Å². The molecule has 0 saturated carbocycles. The van der Waals surface area contributed by atoms with E-state index in [4.69, 9.17) is 17.2 Å². The first kappa shape index (κ1) is 31.4. The van der Waals surface area contributed by atoms with Crippen molar-refractivity contribution in [3.8, 4) is 0 Å². The molecule has 0 aliphatic carbocycles. The minimum absolute atomic E-state index is 0.0178. The van der Waals surface area contributed by atoms with Crippen LogP contribution in [0.2, 0.25) is 0 Å². The SMILES string of the molecule is CSCCC(NC(=O)C(Cc1ccccc1)NC(=O)C(N)CCC(N)=O)C(=O)NC(CC(N)=O)C(=O)O. The maximum atomic E-state index is 13.2. The maximum Gasteiger partial charge on any atom is 0.326 e. The number of benzene rings is 1. The molecular weight excluding hydrogens is 504 g/mol. The number of carboxylic acids is 1. The third-order valence-corrected chi connectivity index (χ3v) is 5.86. The van der Waals surface area contributed by atoms with Crippen molar-refractivity contribution in [1.29, 1.82) is 0 Å². The summed E-state index contributed by atoms with van der Waals surface area (Å²) in [7, 11) is 0. The van der Waals surface area contributed by atoms with Crippen molar-refractivity contribution in [3.05, 3.63) is 35.9 Å². The van der Waals surface area contributed by atoms with Gasteiger partial charge in [-0.1, -0.05) is 30.3 Å². The number of thioether (sulfide) groups is 1. The number of primary amides is 2. The minimum atomic E-state index is -1.57. The molecule has 0 bridgehead atoms. The Morgan fingerprint density at radius 2 is 1.41 bits per heavy atom. The van der Waals surface area contributed by atoms with Crippen molar-refractivity contribution in [2.24, 2.45) is 17.2 Å². The summed E-state index contributed by atoms with van der Waals surface area (Å²) in [5.41, 5.74) is 16.7. The summed E-state index contributed by atoms with van der Waals surface area (Å²) in [6.07, 6.45) is 1.24. The van der Waals surface area contributed by atoms with Gasteiger partial charge >= 0.3 is 5.97 Å². The summed E-state index contributed by atoms with van der Waals surface area (Å²) in [4.78, 5) is 72.3. The van der Waals surface area contributed by atoms with Crippen molar-refractivity contribution in [3.63, 3.8) is 0 Å². The number of carboxylic acid groups (broad SMARTS) is 1. The highest BCUT2D eigenvalue weighted by atomic mass is 32.2. The molecule has 0 aliphatic heterocycles. The average Bonchev–Trinajstić information content (AvgIpc) is 2.84. The minimum Gasteiger partial charge on any atom is -0.480 e. The Morgan fingerprint density at radius 1 is 0.838 bits per heavy atom. The van der Waals surface area contributed by atoms with Gasteiger partial charge in [0.05, 0.1) is 12.5 Å². The van der Waals surface area contributed by atoms with Crippen molar-refractivity contribution >= 4 is 47.3 Å². The van der Waals surface area contributed by atoms with Gasteiger partial charge in [-0.2, -0.15) is 11.8 Å². The molecule has 4 unspecified atom stereocenters. The lowest BCUT2D eigenvalue weighted by Gasteiger charge is -2.25. The normalized spacial score (nSPS) is 13.9. The molecule has 37 heavy (non-hydrogen) atoms. The van der Waals surface area contributed by atoms with Crippen LogP contribution in [0, 0.1) is 0 Å². The Bertz CT molecular complexity index is 962. The Kier molecular flexibility index (Phi) is 13.7. The lowest BCUT2D eigenvalue weighted by Crippen LogP contribution is -2.58. The summed E-state index contributed by atoms with van der Waals surface area (Å²) >= 11 is 1.40. The van der Waals surface area contributed by atoms with Crippen molar-refractivity contribution in [2.45, 2.75) is 56.3 Å². The van der Waals surface area contributed by atoms with Gasteiger partial charge in [0.25, 0.3) is 0 Å². The fraction of sp³-hybridized carbons (Fsp3) is 0.478.